The molecule has 0 atom stereocenters. The van der Waals surface area contributed by atoms with E-state index in [1.807, 2.05) is 0 Å². The van der Waals surface area contributed by atoms with Gasteiger partial charge in [0.2, 0.25) is 0 Å². The molecule has 3 N–H and O–H groups in total. The molecule has 162 valence electrons. The molecule has 1 aliphatic heterocycles. The van der Waals surface area contributed by atoms with Crippen molar-refractivity contribution in [1.82, 2.24) is 9.88 Å². The van der Waals surface area contributed by atoms with Crippen LogP contribution in [0.15, 0.2) is 34.9 Å². The van der Waals surface area contributed by atoms with Gasteiger partial charge >= 0.3 is 0 Å². The number of nitrogens with zero attached hydrogens (tertiary/aromatic N) is 1. The average Bonchev–Trinajstić information content (AvgIpc) is 3.26. The van der Waals surface area contributed by atoms with Crippen molar-refractivity contribution in [1.29, 1.82) is 0 Å². The van der Waals surface area contributed by atoms with Gasteiger partial charge in [-0.3, -0.25) is 14.4 Å². The van der Waals surface area contributed by atoms with E-state index in [1.54, 1.807) is 56.0 Å². The van der Waals surface area contributed by atoms with Gasteiger partial charge in [-0.1, -0.05) is 0 Å². The number of Topliss-reactive ketones (excluding diaryl/α,β-unsaturated/α-hetero) is 1. The van der Waals surface area contributed by atoms with Gasteiger partial charge in [0.15, 0.2) is 0 Å². The van der Waals surface area contributed by atoms with Crippen LogP contribution >= 0.6 is 0 Å². The molecule has 1 aromatic carbocycles. The van der Waals surface area contributed by atoms with Crippen LogP contribution in [0.4, 0.5) is 5.69 Å². The Morgan fingerprint density at radius 3 is 2.58 bits per heavy atom. The van der Waals surface area contributed by atoms with E-state index >= 15 is 0 Å². The van der Waals surface area contributed by atoms with Crippen molar-refractivity contribution < 1.29 is 28.6 Å². The van der Waals surface area contributed by atoms with Crippen molar-refractivity contribution in [2.24, 2.45) is 7.05 Å². The Morgan fingerprint density at radius 2 is 1.94 bits per heavy atom. The first-order valence-corrected chi connectivity index (χ1v) is 9.76. The fraction of sp³-hybridized carbons (Fsp3) is 0.318. The van der Waals surface area contributed by atoms with Crippen LogP contribution < -0.4 is 10.6 Å². The Balaban J connectivity index is 1.59. The van der Waals surface area contributed by atoms with E-state index in [2.05, 4.69) is 10.6 Å². The predicted molar refractivity (Wildman–Crippen MR) is 112 cm³/mol. The number of nitrogens with one attached hydrogen (secondary N) is 2. The van der Waals surface area contributed by atoms with E-state index in [-0.39, 0.29) is 31.1 Å². The number of hydrogen-bond acceptors (Lipinski definition) is 6. The standard InChI is InChI=1S/C22H23N3O6/c1-12-17(19(27)21(29)24-22(9-26)10-30-11-22)13(2)25(3)18(12)20(28)23-15-4-5-16-14(8-15)6-7-31-16/h4-8,26H,9-11H2,1-3H3,(H,23,28)(H,24,29). The molecule has 31 heavy (non-hydrogen) atoms. The minimum absolute atomic E-state index is 0.143. The molecule has 0 aliphatic carbocycles. The second-order valence-electron chi connectivity index (χ2n) is 7.83. The van der Waals surface area contributed by atoms with Crippen molar-refractivity contribution in [2.45, 2.75) is 19.4 Å². The second kappa shape index (κ2) is 7.68. The summed E-state index contributed by atoms with van der Waals surface area (Å²) in [7, 11) is 1.67. The molecule has 9 nitrogen and oxygen atoms in total. The molecule has 1 fully saturated rings. The molecule has 3 heterocycles. The quantitative estimate of drug-likeness (QED) is 0.408. The maximum atomic E-state index is 13.0. The molecule has 0 saturated carbocycles. The highest BCUT2D eigenvalue weighted by atomic mass is 16.5. The van der Waals surface area contributed by atoms with Crippen molar-refractivity contribution in [2.75, 3.05) is 25.1 Å². The topological polar surface area (TPSA) is 123 Å². The van der Waals surface area contributed by atoms with Crippen LogP contribution in [0.5, 0.6) is 0 Å². The molecule has 3 aromatic rings. The van der Waals surface area contributed by atoms with E-state index < -0.39 is 23.1 Å². The predicted octanol–water partition coefficient (Wildman–Crippen LogP) is 1.70. The molecule has 0 spiro atoms. The summed E-state index contributed by atoms with van der Waals surface area (Å²) < 4.78 is 11.9. The maximum Gasteiger partial charge on any atom is 0.293 e. The van der Waals surface area contributed by atoms with Gasteiger partial charge in [-0.2, -0.15) is 0 Å². The van der Waals surface area contributed by atoms with Crippen LogP contribution in [0.1, 0.15) is 32.1 Å². The van der Waals surface area contributed by atoms with Gasteiger partial charge in [-0.25, -0.2) is 0 Å². The van der Waals surface area contributed by atoms with Gasteiger partial charge in [0, 0.05) is 23.8 Å². The number of hydrogen-bond donors (Lipinski definition) is 3. The van der Waals surface area contributed by atoms with E-state index in [0.717, 1.165) is 5.39 Å². The van der Waals surface area contributed by atoms with Gasteiger partial charge < -0.3 is 29.5 Å². The molecule has 9 heteroatoms. The Morgan fingerprint density at radius 1 is 1.19 bits per heavy atom. The Kier molecular flexibility index (Phi) is 5.16. The molecular weight excluding hydrogens is 402 g/mol. The van der Waals surface area contributed by atoms with Crippen molar-refractivity contribution in [3.63, 3.8) is 0 Å². The van der Waals surface area contributed by atoms with Gasteiger partial charge in [-0.15, -0.1) is 0 Å². The van der Waals surface area contributed by atoms with Crippen molar-refractivity contribution in [3.8, 4) is 0 Å². The zero-order valence-electron chi connectivity index (χ0n) is 17.4. The first-order chi connectivity index (χ1) is 14.8. The van der Waals surface area contributed by atoms with Crippen molar-refractivity contribution >= 4 is 34.3 Å². The highest BCUT2D eigenvalue weighted by Gasteiger charge is 2.41. The van der Waals surface area contributed by atoms with Gasteiger partial charge in [0.05, 0.1) is 31.6 Å². The Hall–Kier alpha value is -3.43. The van der Waals surface area contributed by atoms with Gasteiger partial charge in [0.1, 0.15) is 16.8 Å². The van der Waals surface area contributed by atoms with Crippen LogP contribution in [-0.4, -0.2) is 52.6 Å². The summed E-state index contributed by atoms with van der Waals surface area (Å²) in [5.74, 6) is -2.00. The van der Waals surface area contributed by atoms with Gasteiger partial charge in [-0.05, 0) is 43.7 Å². The number of rotatable bonds is 6. The summed E-state index contributed by atoms with van der Waals surface area (Å²) in [5, 5.41) is 15.7. The molecule has 2 amide bonds. The third kappa shape index (κ3) is 3.51. The number of ether oxygens (including phenoxy) is 1. The molecule has 0 unspecified atom stereocenters. The molecular formula is C22H23N3O6. The maximum absolute atomic E-state index is 13.0. The number of fused-ring (bicyclic) bond motifs is 1. The van der Waals surface area contributed by atoms with Crippen LogP contribution in [0.3, 0.4) is 0 Å². The van der Waals surface area contributed by atoms with Crippen LogP contribution in [-0.2, 0) is 16.6 Å². The lowest BCUT2D eigenvalue weighted by molar-refractivity contribution is -0.133. The molecule has 1 saturated heterocycles. The summed E-state index contributed by atoms with van der Waals surface area (Å²) in [6, 6.07) is 7.07. The number of carbonyl (C=O) groups is 3. The number of aliphatic hydroxyl groups excluding tert-OH is 1. The first-order valence-electron chi connectivity index (χ1n) is 9.76. The Labute approximate surface area is 178 Å². The number of aliphatic hydroxyl groups is 1. The average molecular weight is 425 g/mol. The number of ketones is 1. The lowest BCUT2D eigenvalue weighted by Gasteiger charge is -2.40. The molecule has 1 aliphatic rings. The minimum Gasteiger partial charge on any atom is -0.464 e. The smallest absolute Gasteiger partial charge is 0.293 e. The number of furan rings is 1. The summed E-state index contributed by atoms with van der Waals surface area (Å²) in [6.45, 7) is 3.27. The van der Waals surface area contributed by atoms with Gasteiger partial charge in [0.25, 0.3) is 17.6 Å². The Bertz CT molecular complexity index is 1200. The monoisotopic (exact) mass is 425 g/mol. The van der Waals surface area contributed by atoms with Crippen LogP contribution in [0, 0.1) is 13.8 Å². The molecule has 0 bridgehead atoms. The summed E-state index contributed by atoms with van der Waals surface area (Å²) in [4.78, 5) is 38.4. The third-order valence-corrected chi connectivity index (χ3v) is 5.73. The molecule has 0 radical (unpaired) electrons. The fourth-order valence-corrected chi connectivity index (χ4v) is 3.83. The lowest BCUT2D eigenvalue weighted by Crippen LogP contribution is -2.65. The van der Waals surface area contributed by atoms with E-state index in [0.29, 0.717) is 22.5 Å². The highest BCUT2D eigenvalue weighted by Crippen LogP contribution is 2.25. The summed E-state index contributed by atoms with van der Waals surface area (Å²) in [6.07, 6.45) is 1.57. The SMILES string of the molecule is Cc1c(C(=O)C(=O)NC2(CO)COC2)c(C)n(C)c1C(=O)Nc1ccc2occc2c1. The largest absolute Gasteiger partial charge is 0.464 e. The zero-order chi connectivity index (χ0) is 22.3. The molecule has 2 aromatic heterocycles. The van der Waals surface area contributed by atoms with E-state index in [1.165, 1.54) is 0 Å². The third-order valence-electron chi connectivity index (χ3n) is 5.73. The normalized spacial score (nSPS) is 14.8. The number of amides is 2. The number of aromatic nitrogens is 1. The van der Waals surface area contributed by atoms with E-state index in [4.69, 9.17) is 9.15 Å². The van der Waals surface area contributed by atoms with Crippen molar-refractivity contribution in [3.05, 3.63) is 53.0 Å². The highest BCUT2D eigenvalue weighted by molar-refractivity contribution is 6.43. The van der Waals surface area contributed by atoms with Crippen LogP contribution in [0.2, 0.25) is 0 Å². The summed E-state index contributed by atoms with van der Waals surface area (Å²) >= 11 is 0. The van der Waals surface area contributed by atoms with Crippen LogP contribution in [0.25, 0.3) is 11.0 Å². The minimum atomic E-state index is -0.935. The fourth-order valence-electron chi connectivity index (χ4n) is 3.83. The summed E-state index contributed by atoms with van der Waals surface area (Å²) in [5.41, 5.74) is 1.71. The van der Waals surface area contributed by atoms with E-state index in [9.17, 15) is 19.5 Å². The second-order valence-corrected chi connectivity index (χ2v) is 7.83. The number of benzene rings is 1. The molecule has 4 rings (SSSR count). The number of anilines is 1. The lowest BCUT2D eigenvalue weighted by atomic mass is 9.97. The zero-order valence-corrected chi connectivity index (χ0v) is 17.4. The first kappa shape index (κ1) is 20.8. The number of carbonyl (C=O) groups excluding carboxylic acids is 3.